The number of halogens is 1. The Morgan fingerprint density at radius 1 is 1.24 bits per heavy atom. The number of carboxylic acids is 1. The molecule has 4 rings (SSSR count). The first kappa shape index (κ1) is 26.1. The number of carbonyl (C=O) groups excluding carboxylic acids is 2. The Morgan fingerprint density at radius 2 is 1.85 bits per heavy atom. The molecule has 0 spiro atoms. The van der Waals surface area contributed by atoms with Gasteiger partial charge in [-0.1, -0.05) is 39.3 Å². The fraction of sp³-hybridized carbons (Fsp3) is 0.720. The molecule has 0 heterocycles. The normalized spacial score (nSPS) is 45.7. The van der Waals surface area contributed by atoms with Gasteiger partial charge in [-0.25, -0.2) is 0 Å². The molecule has 184 valence electrons. The van der Waals surface area contributed by atoms with Gasteiger partial charge in [-0.2, -0.15) is 0 Å². The van der Waals surface area contributed by atoms with Crippen molar-refractivity contribution in [2.75, 3.05) is 6.61 Å². The first-order chi connectivity index (χ1) is 15.2. The van der Waals surface area contributed by atoms with E-state index in [0.29, 0.717) is 19.3 Å². The minimum atomic E-state index is -1.68. The van der Waals surface area contributed by atoms with Crippen molar-refractivity contribution in [3.63, 3.8) is 0 Å². The van der Waals surface area contributed by atoms with Crippen LogP contribution in [-0.4, -0.2) is 61.1 Å². The van der Waals surface area contributed by atoms with Gasteiger partial charge in [0.2, 0.25) is 0 Å². The van der Waals surface area contributed by atoms with Crippen LogP contribution in [0.4, 0.5) is 0 Å². The summed E-state index contributed by atoms with van der Waals surface area (Å²) < 4.78 is 0. The van der Waals surface area contributed by atoms with Gasteiger partial charge in [0.05, 0.1) is 11.0 Å². The van der Waals surface area contributed by atoms with Gasteiger partial charge in [-0.15, -0.1) is 11.6 Å². The third-order valence-electron chi connectivity index (χ3n) is 9.09. The summed E-state index contributed by atoms with van der Waals surface area (Å²) in [5.41, 5.74) is -2.25. The van der Waals surface area contributed by atoms with E-state index < -0.39 is 45.8 Å². The van der Waals surface area contributed by atoms with E-state index in [1.165, 1.54) is 6.08 Å². The zero-order valence-corrected chi connectivity index (χ0v) is 20.4. The highest BCUT2D eigenvalue weighted by Gasteiger charge is 2.74. The zero-order chi connectivity index (χ0) is 25.0. The van der Waals surface area contributed by atoms with E-state index in [4.69, 9.17) is 16.7 Å². The highest BCUT2D eigenvalue weighted by molar-refractivity contribution is 6.26. The molecule has 0 aromatic carbocycles. The highest BCUT2D eigenvalue weighted by atomic mass is 35.5. The van der Waals surface area contributed by atoms with Gasteiger partial charge >= 0.3 is 5.97 Å². The number of hydrogen-bond acceptors (Lipinski definition) is 6. The number of aliphatic hydroxyl groups excluding tert-OH is 2. The minimum absolute atomic E-state index is 0.0567. The van der Waals surface area contributed by atoms with Gasteiger partial charge < -0.3 is 20.4 Å². The fourth-order valence-corrected chi connectivity index (χ4v) is 7.78. The van der Waals surface area contributed by atoms with Crippen molar-refractivity contribution < 1.29 is 34.8 Å². The zero-order valence-electron chi connectivity index (χ0n) is 19.7. The molecular weight excluding hydrogens is 448 g/mol. The summed E-state index contributed by atoms with van der Waals surface area (Å²) in [6.07, 6.45) is 6.44. The van der Waals surface area contributed by atoms with Crippen LogP contribution in [-0.2, 0) is 14.4 Å². The van der Waals surface area contributed by atoms with Gasteiger partial charge in [0.25, 0.3) is 0 Å². The average molecular weight is 483 g/mol. The number of rotatable bonds is 3. The molecule has 0 radical (unpaired) electrons. The third-order valence-corrected chi connectivity index (χ3v) is 10.0. The Kier molecular flexibility index (Phi) is 6.79. The van der Waals surface area contributed by atoms with Crippen LogP contribution in [0.2, 0.25) is 0 Å². The number of alkyl halides is 1. The van der Waals surface area contributed by atoms with Crippen LogP contribution >= 0.6 is 11.6 Å². The maximum absolute atomic E-state index is 12.6. The van der Waals surface area contributed by atoms with Gasteiger partial charge in [-0.3, -0.25) is 14.4 Å². The van der Waals surface area contributed by atoms with Crippen molar-refractivity contribution in [1.82, 2.24) is 0 Å². The van der Waals surface area contributed by atoms with Crippen molar-refractivity contribution in [1.29, 1.82) is 0 Å². The van der Waals surface area contributed by atoms with Crippen molar-refractivity contribution in [3.05, 3.63) is 23.8 Å². The molecule has 0 bridgehead atoms. The predicted octanol–water partition coefficient (Wildman–Crippen LogP) is 2.65. The first-order valence-electron chi connectivity index (χ1n) is 11.6. The lowest BCUT2D eigenvalue weighted by atomic mass is 9.45. The molecule has 0 amide bonds. The lowest BCUT2D eigenvalue weighted by Gasteiger charge is -2.63. The largest absolute Gasteiger partial charge is 0.481 e. The molecule has 0 saturated heterocycles. The van der Waals surface area contributed by atoms with Crippen LogP contribution in [0.3, 0.4) is 0 Å². The minimum Gasteiger partial charge on any atom is -0.481 e. The number of ketones is 2. The molecule has 8 heteroatoms. The predicted molar refractivity (Wildman–Crippen MR) is 123 cm³/mol. The third kappa shape index (κ3) is 3.46. The van der Waals surface area contributed by atoms with Crippen molar-refractivity contribution in [2.45, 2.75) is 76.4 Å². The summed E-state index contributed by atoms with van der Waals surface area (Å²) in [4.78, 5) is 32.9. The maximum Gasteiger partial charge on any atom is 0.303 e. The van der Waals surface area contributed by atoms with Crippen LogP contribution in [0, 0.1) is 28.6 Å². The molecule has 3 saturated carbocycles. The first-order valence-corrected chi connectivity index (χ1v) is 12.0. The van der Waals surface area contributed by atoms with E-state index in [1.807, 2.05) is 26.8 Å². The van der Waals surface area contributed by atoms with Gasteiger partial charge in [0.1, 0.15) is 12.2 Å². The number of allylic oxidation sites excluding steroid dienone is 4. The van der Waals surface area contributed by atoms with Gasteiger partial charge in [0, 0.05) is 17.3 Å². The molecule has 3 fully saturated rings. The second-order valence-electron chi connectivity index (χ2n) is 10.5. The summed E-state index contributed by atoms with van der Waals surface area (Å²) in [7, 11) is 0. The number of fused-ring (bicyclic) bond motifs is 5. The molecule has 0 aromatic rings. The molecule has 33 heavy (non-hydrogen) atoms. The van der Waals surface area contributed by atoms with Crippen molar-refractivity contribution >= 4 is 29.1 Å². The molecule has 0 aromatic heterocycles. The van der Waals surface area contributed by atoms with E-state index in [2.05, 4.69) is 0 Å². The van der Waals surface area contributed by atoms with Crippen LogP contribution < -0.4 is 0 Å². The van der Waals surface area contributed by atoms with Gasteiger partial charge in [0.15, 0.2) is 11.6 Å². The number of Topliss-reactive ketones (excluding diaryl/α,β-unsaturated/α-hetero) is 1. The van der Waals surface area contributed by atoms with E-state index in [-0.39, 0.29) is 36.4 Å². The van der Waals surface area contributed by atoms with E-state index in [1.54, 1.807) is 13.0 Å². The Morgan fingerprint density at radius 3 is 2.39 bits per heavy atom. The standard InChI is InChI=1S/C22H29ClO5.C3H6O2/c1-12-8-16-15-5-4-13-9-14(25)6-7-19(13,2)21(15,23)17(26)10-20(16,3)22(12,28)18(27)11-24;1-2-3(4)5/h6-7,9,12,15-17,24,26,28H,4-5,8,10-11H2,1-3H3;2H2,1H3,(H,4,5)/t12-,15-,16-,17-,19-,20-,21-,22-;/m0./s1. The second kappa shape index (κ2) is 8.59. The average Bonchev–Trinajstić information content (AvgIpc) is 2.96. The molecule has 7 nitrogen and oxygen atoms in total. The summed E-state index contributed by atoms with van der Waals surface area (Å²) in [5, 5.41) is 40.1. The Balaban J connectivity index is 0.000000555. The van der Waals surface area contributed by atoms with E-state index >= 15 is 0 Å². The van der Waals surface area contributed by atoms with Crippen molar-refractivity contribution in [2.24, 2.45) is 28.6 Å². The summed E-state index contributed by atoms with van der Waals surface area (Å²) in [5.74, 6) is -1.89. The van der Waals surface area contributed by atoms with E-state index in [9.17, 15) is 29.7 Å². The monoisotopic (exact) mass is 482 g/mol. The molecule has 4 aliphatic rings. The quantitative estimate of drug-likeness (QED) is 0.454. The number of aliphatic carboxylic acids is 1. The molecule has 0 unspecified atom stereocenters. The Labute approximate surface area is 199 Å². The Hall–Kier alpha value is -1.54. The fourth-order valence-electron chi connectivity index (χ4n) is 7.26. The second-order valence-corrected chi connectivity index (χ2v) is 11.1. The number of hydrogen-bond donors (Lipinski definition) is 4. The number of aliphatic hydroxyl groups is 3. The molecule has 4 N–H and O–H groups in total. The van der Waals surface area contributed by atoms with Crippen LogP contribution in [0.5, 0.6) is 0 Å². The lowest BCUT2D eigenvalue weighted by molar-refractivity contribution is -0.179. The van der Waals surface area contributed by atoms with Gasteiger partial charge in [-0.05, 0) is 55.6 Å². The Bertz CT molecular complexity index is 912. The van der Waals surface area contributed by atoms with Crippen LogP contribution in [0.15, 0.2) is 23.8 Å². The number of carbonyl (C=O) groups is 3. The van der Waals surface area contributed by atoms with E-state index in [0.717, 1.165) is 5.57 Å². The van der Waals surface area contributed by atoms with Crippen molar-refractivity contribution in [3.8, 4) is 0 Å². The summed E-state index contributed by atoms with van der Waals surface area (Å²) in [6, 6.07) is 0. The van der Waals surface area contributed by atoms with Crippen LogP contribution in [0.25, 0.3) is 0 Å². The SMILES string of the molecule is CCC(=O)O.C[C@H]1C[C@H]2[C@@H]3CCC4=CC(=O)C=C[C@]4(C)[C@@]3(Cl)[C@@H](O)C[C@]2(C)[C@@]1(O)C(=O)CO. The highest BCUT2D eigenvalue weighted by Crippen LogP contribution is 2.71. The summed E-state index contributed by atoms with van der Waals surface area (Å²) in [6.45, 7) is 6.57. The molecule has 8 atom stereocenters. The molecular formula is C25H35ClO7. The number of carboxylic acid groups (broad SMARTS) is 1. The molecule has 4 aliphatic carbocycles. The molecule has 0 aliphatic heterocycles. The lowest BCUT2D eigenvalue weighted by Crippen LogP contribution is -2.69. The van der Waals surface area contributed by atoms with Crippen LogP contribution in [0.1, 0.15) is 59.8 Å². The smallest absolute Gasteiger partial charge is 0.303 e. The topological polar surface area (TPSA) is 132 Å². The maximum atomic E-state index is 12.6. The summed E-state index contributed by atoms with van der Waals surface area (Å²) >= 11 is 7.30.